The highest BCUT2D eigenvalue weighted by Gasteiger charge is 2.37. The number of ether oxygens (including phenoxy) is 4. The second kappa shape index (κ2) is 16.7. The number of carbonyl (C=O) groups excluding carboxylic acids is 3. The fraction of sp³-hybridized carbons (Fsp3) is 0.216. The number of allylic oxidation sites excluding steroid dienone is 1. The molecule has 0 saturated heterocycles. The number of carbonyl (C=O) groups is 3. The van der Waals surface area contributed by atoms with E-state index in [1.807, 2.05) is 20.8 Å². The average Bonchev–Trinajstić information content (AvgIpc) is 3.12. The van der Waals surface area contributed by atoms with Gasteiger partial charge in [0.15, 0.2) is 0 Å². The van der Waals surface area contributed by atoms with E-state index >= 15 is 0 Å². The number of nitrogens with one attached hydrogen (secondary N) is 1. The number of primary amides is 1. The zero-order chi connectivity index (χ0) is 36.4. The van der Waals surface area contributed by atoms with Gasteiger partial charge in [0, 0.05) is 23.0 Å². The van der Waals surface area contributed by atoms with E-state index < -0.39 is 36.3 Å². The summed E-state index contributed by atoms with van der Waals surface area (Å²) in [6, 6.07) is 23.1. The number of aliphatic hydroxyl groups is 2. The molecule has 0 aliphatic carbocycles. The van der Waals surface area contributed by atoms with Crippen LogP contribution in [0.15, 0.2) is 96.3 Å². The highest BCUT2D eigenvalue weighted by atomic mass is 16.7. The van der Waals surface area contributed by atoms with Gasteiger partial charge in [-0.3, -0.25) is 4.79 Å². The number of aliphatic hydroxyl groups excluding tert-OH is 2. The van der Waals surface area contributed by atoms with Crippen LogP contribution in [0.5, 0.6) is 11.6 Å². The Morgan fingerprint density at radius 1 is 0.940 bits per heavy atom. The second-order valence-corrected chi connectivity index (χ2v) is 10.8. The topological polar surface area (TPSA) is 203 Å². The quantitative estimate of drug-likeness (QED) is 0.137. The summed E-state index contributed by atoms with van der Waals surface area (Å²) in [5, 5.41) is 31.7. The van der Waals surface area contributed by atoms with Gasteiger partial charge in [0.25, 0.3) is 12.6 Å². The maximum Gasteiger partial charge on any atom is 0.340 e. The first-order valence-electron chi connectivity index (χ1n) is 15.4. The molecular weight excluding hydrogens is 644 g/mol. The Hall–Kier alpha value is -6.23. The van der Waals surface area contributed by atoms with Crippen molar-refractivity contribution < 1.29 is 43.5 Å². The summed E-state index contributed by atoms with van der Waals surface area (Å²) in [5.74, 6) is -1.85. The normalized spacial score (nSPS) is 14.3. The van der Waals surface area contributed by atoms with Gasteiger partial charge >= 0.3 is 11.9 Å². The summed E-state index contributed by atoms with van der Waals surface area (Å²) < 4.78 is 20.6. The minimum Gasteiger partial charge on any atom is -0.496 e. The van der Waals surface area contributed by atoms with Crippen molar-refractivity contribution >= 4 is 23.5 Å². The van der Waals surface area contributed by atoms with Crippen molar-refractivity contribution in [2.45, 2.75) is 39.3 Å². The summed E-state index contributed by atoms with van der Waals surface area (Å²) in [7, 11) is 1.53. The number of pyridine rings is 1. The number of methoxy groups -OCH3 is 1. The lowest BCUT2D eigenvalue weighted by Crippen LogP contribution is -2.35. The number of fused-ring (bicyclic) bond motifs is 1. The highest BCUT2D eigenvalue weighted by Crippen LogP contribution is 2.48. The molecular formula is C37H36N4O9. The van der Waals surface area contributed by atoms with Crippen LogP contribution in [0, 0.1) is 18.3 Å². The lowest BCUT2D eigenvalue weighted by atomic mass is 9.79. The smallest absolute Gasteiger partial charge is 0.340 e. The van der Waals surface area contributed by atoms with E-state index in [-0.39, 0.29) is 11.1 Å². The van der Waals surface area contributed by atoms with Crippen molar-refractivity contribution in [2.75, 3.05) is 19.0 Å². The Morgan fingerprint density at radius 3 is 1.98 bits per heavy atom. The third kappa shape index (κ3) is 8.43. The number of anilines is 1. The Morgan fingerprint density at radius 2 is 1.50 bits per heavy atom. The van der Waals surface area contributed by atoms with E-state index in [1.165, 1.54) is 31.4 Å². The van der Waals surface area contributed by atoms with Gasteiger partial charge < -0.3 is 40.2 Å². The molecule has 13 heteroatoms. The van der Waals surface area contributed by atoms with E-state index in [0.717, 1.165) is 16.8 Å². The number of nitrogens with two attached hydrogens (primary N) is 1. The first-order chi connectivity index (χ1) is 24.0. The van der Waals surface area contributed by atoms with Crippen LogP contribution in [0.3, 0.4) is 0 Å². The lowest BCUT2D eigenvalue weighted by Gasteiger charge is -2.32. The van der Waals surface area contributed by atoms with Gasteiger partial charge in [-0.15, -0.1) is 0 Å². The number of benzene rings is 3. The number of amides is 1. The first-order valence-corrected chi connectivity index (χ1v) is 15.4. The van der Waals surface area contributed by atoms with Crippen molar-refractivity contribution in [1.29, 1.82) is 5.26 Å². The van der Waals surface area contributed by atoms with Crippen LogP contribution in [-0.4, -0.2) is 59.3 Å². The van der Waals surface area contributed by atoms with E-state index in [1.54, 1.807) is 60.8 Å². The number of hydrogen-bond donors (Lipinski definition) is 4. The van der Waals surface area contributed by atoms with Crippen molar-refractivity contribution in [3.8, 4) is 17.7 Å². The fourth-order valence-corrected chi connectivity index (χ4v) is 5.19. The molecule has 0 saturated carbocycles. The molecule has 258 valence electrons. The third-order valence-electron chi connectivity index (χ3n) is 7.50. The van der Waals surface area contributed by atoms with Crippen LogP contribution in [-0.2, 0) is 14.3 Å². The zero-order valence-corrected chi connectivity index (χ0v) is 27.7. The highest BCUT2D eigenvalue weighted by molar-refractivity contribution is 5.98. The molecule has 1 aliphatic rings. The molecule has 5 N–H and O–H groups in total. The summed E-state index contributed by atoms with van der Waals surface area (Å²) in [6.07, 6.45) is -2.24. The minimum absolute atomic E-state index is 0.197. The molecule has 0 unspecified atom stereocenters. The predicted octanol–water partition coefficient (Wildman–Crippen LogP) is 4.32. The summed E-state index contributed by atoms with van der Waals surface area (Å²) in [6.45, 7) is 6.04. The Bertz CT molecular complexity index is 1870. The van der Waals surface area contributed by atoms with E-state index in [2.05, 4.69) is 25.8 Å². The Kier molecular flexibility index (Phi) is 12.3. The summed E-state index contributed by atoms with van der Waals surface area (Å²) >= 11 is 0. The van der Waals surface area contributed by atoms with Gasteiger partial charge in [0.2, 0.25) is 11.8 Å². The first kappa shape index (κ1) is 36.6. The molecule has 1 aliphatic heterocycles. The lowest BCUT2D eigenvalue weighted by molar-refractivity contribution is -0.209. The average molecular weight is 681 g/mol. The number of aromatic nitrogens is 1. The molecule has 4 aromatic rings. The molecule has 3 atom stereocenters. The molecule has 0 bridgehead atoms. The number of esters is 2. The van der Waals surface area contributed by atoms with Crippen LogP contribution < -0.4 is 20.5 Å². The SMILES string of the molecule is CCOc1ncc(C)c2c1[C@H](c1ccc(C#N)cc1OC)C(C(N)=O)=C(C)N2.O=C(O[C@@H](O)[C@H](O)OC(=O)c1ccccc1)c1ccccc1. The van der Waals surface area contributed by atoms with Gasteiger partial charge in [-0.1, -0.05) is 42.5 Å². The largest absolute Gasteiger partial charge is 0.496 e. The molecule has 0 radical (unpaired) electrons. The summed E-state index contributed by atoms with van der Waals surface area (Å²) in [5.41, 5.74) is 10.9. The zero-order valence-electron chi connectivity index (χ0n) is 27.7. The Balaban J connectivity index is 0.000000232. The van der Waals surface area contributed by atoms with Gasteiger partial charge in [-0.25, -0.2) is 14.6 Å². The van der Waals surface area contributed by atoms with Crippen LogP contribution in [0.2, 0.25) is 0 Å². The number of rotatable bonds is 10. The summed E-state index contributed by atoms with van der Waals surface area (Å²) in [4.78, 5) is 40.2. The molecule has 1 aromatic heterocycles. The monoisotopic (exact) mass is 680 g/mol. The molecule has 3 aromatic carbocycles. The molecule has 13 nitrogen and oxygen atoms in total. The molecule has 2 heterocycles. The van der Waals surface area contributed by atoms with Crippen LogP contribution in [0.1, 0.15) is 62.7 Å². The van der Waals surface area contributed by atoms with Crippen LogP contribution >= 0.6 is 0 Å². The molecule has 0 fully saturated rings. The molecule has 1 amide bonds. The maximum absolute atomic E-state index is 12.4. The molecule has 5 rings (SSSR count). The van der Waals surface area contributed by atoms with Crippen molar-refractivity contribution in [3.63, 3.8) is 0 Å². The standard InChI is InChI=1S/C21H22N4O3.C16H14O6/c1-5-28-21-18-17(14-7-6-13(9-22)8-15(14)27-4)16(20(23)26)12(3)25-19(18)11(2)10-24-21;17-13(11-7-3-1-4-8-11)21-15(19)16(20)22-14(18)12-9-5-2-6-10-12/h6-8,10,17,25H,5H2,1-4H3,(H2,23,26);1-10,15-16,19-20H/t17-;15-,16-/m11/s1. The van der Waals surface area contributed by atoms with Crippen molar-refractivity contribution in [2.24, 2.45) is 5.73 Å². The van der Waals surface area contributed by atoms with E-state index in [9.17, 15) is 29.9 Å². The van der Waals surface area contributed by atoms with Gasteiger partial charge in [0.1, 0.15) is 5.75 Å². The molecule has 50 heavy (non-hydrogen) atoms. The van der Waals surface area contributed by atoms with E-state index in [4.69, 9.17) is 15.2 Å². The van der Waals surface area contributed by atoms with Gasteiger partial charge in [-0.2, -0.15) is 5.26 Å². The fourth-order valence-electron chi connectivity index (χ4n) is 5.19. The third-order valence-corrected chi connectivity index (χ3v) is 7.50. The van der Waals surface area contributed by atoms with Crippen molar-refractivity contribution in [3.05, 3.63) is 130 Å². The molecule has 0 spiro atoms. The van der Waals surface area contributed by atoms with E-state index in [0.29, 0.717) is 40.6 Å². The predicted molar refractivity (Wildman–Crippen MR) is 181 cm³/mol. The van der Waals surface area contributed by atoms with Crippen molar-refractivity contribution in [1.82, 2.24) is 4.98 Å². The Labute approximate surface area is 288 Å². The second-order valence-electron chi connectivity index (χ2n) is 10.8. The maximum atomic E-state index is 12.4. The number of nitriles is 1. The van der Waals surface area contributed by atoms with Crippen LogP contribution in [0.4, 0.5) is 5.69 Å². The van der Waals surface area contributed by atoms with Gasteiger partial charge in [-0.05, 0) is 62.7 Å². The number of nitrogens with zero attached hydrogens (tertiary/aromatic N) is 2. The minimum atomic E-state index is -1.99. The van der Waals surface area contributed by atoms with Crippen LogP contribution in [0.25, 0.3) is 0 Å². The number of hydrogen-bond acceptors (Lipinski definition) is 12. The van der Waals surface area contributed by atoms with Gasteiger partial charge in [0.05, 0.1) is 53.6 Å². The number of aryl methyl sites for hydroxylation is 1.